The van der Waals surface area contributed by atoms with E-state index in [2.05, 4.69) is 68.1 Å². The largest absolute Gasteiger partial charge is 0.495 e. The number of ether oxygens (including phenoxy) is 1. The molecular formula is C15H22Br2N2O. The summed E-state index contributed by atoms with van der Waals surface area (Å²) in [6.45, 7) is 7.66. The standard InChI is InChI=1S/C15H22Br2N2O/c1-4-10(2)13-9-19(6-5-18-13)14-8-15(20-3)12(17)7-11(14)16/h7-8,10,13,18H,4-6,9H2,1-3H3. The number of piperazine rings is 1. The first-order chi connectivity index (χ1) is 9.56. The van der Waals surface area contributed by atoms with Crippen LogP contribution in [0.15, 0.2) is 21.1 Å². The molecule has 3 nitrogen and oxygen atoms in total. The fourth-order valence-electron chi connectivity index (χ4n) is 2.58. The van der Waals surface area contributed by atoms with Crippen LogP contribution >= 0.6 is 31.9 Å². The fraction of sp³-hybridized carbons (Fsp3) is 0.600. The van der Waals surface area contributed by atoms with E-state index in [-0.39, 0.29) is 0 Å². The first kappa shape index (κ1) is 16.1. The van der Waals surface area contributed by atoms with Crippen LogP contribution in [0.1, 0.15) is 20.3 Å². The zero-order valence-electron chi connectivity index (χ0n) is 12.2. The van der Waals surface area contributed by atoms with Crippen LogP contribution in [0.4, 0.5) is 5.69 Å². The molecule has 2 rings (SSSR count). The van der Waals surface area contributed by atoms with Crippen LogP contribution < -0.4 is 15.0 Å². The fourth-order valence-corrected chi connectivity index (χ4v) is 3.99. The molecule has 0 radical (unpaired) electrons. The molecule has 20 heavy (non-hydrogen) atoms. The second-order valence-electron chi connectivity index (χ2n) is 5.33. The van der Waals surface area contributed by atoms with E-state index >= 15 is 0 Å². The average Bonchev–Trinajstić information content (AvgIpc) is 2.46. The van der Waals surface area contributed by atoms with Crippen LogP contribution in [0.25, 0.3) is 0 Å². The lowest BCUT2D eigenvalue weighted by Gasteiger charge is -2.38. The lowest BCUT2D eigenvalue weighted by atomic mass is 9.97. The number of nitrogens with one attached hydrogen (secondary N) is 1. The van der Waals surface area contributed by atoms with E-state index in [1.54, 1.807) is 7.11 Å². The van der Waals surface area contributed by atoms with E-state index in [1.807, 2.05) is 0 Å². The van der Waals surface area contributed by atoms with Crippen molar-refractivity contribution in [2.45, 2.75) is 26.3 Å². The highest BCUT2D eigenvalue weighted by Crippen LogP contribution is 2.37. The number of hydrogen-bond acceptors (Lipinski definition) is 3. The van der Waals surface area contributed by atoms with E-state index in [1.165, 1.54) is 12.1 Å². The molecule has 0 spiro atoms. The summed E-state index contributed by atoms with van der Waals surface area (Å²) < 4.78 is 7.50. The summed E-state index contributed by atoms with van der Waals surface area (Å²) in [5.41, 5.74) is 1.21. The van der Waals surface area contributed by atoms with Crippen LogP contribution in [-0.4, -0.2) is 32.8 Å². The van der Waals surface area contributed by atoms with Crippen molar-refractivity contribution in [2.24, 2.45) is 5.92 Å². The van der Waals surface area contributed by atoms with Crippen molar-refractivity contribution in [2.75, 3.05) is 31.6 Å². The molecule has 2 unspecified atom stereocenters. The highest BCUT2D eigenvalue weighted by molar-refractivity contribution is 9.11. The molecule has 5 heteroatoms. The van der Waals surface area contributed by atoms with Gasteiger partial charge in [0, 0.05) is 36.2 Å². The highest BCUT2D eigenvalue weighted by Gasteiger charge is 2.25. The van der Waals surface area contributed by atoms with Gasteiger partial charge in [0.15, 0.2) is 0 Å². The maximum atomic E-state index is 5.42. The summed E-state index contributed by atoms with van der Waals surface area (Å²) in [6.07, 6.45) is 1.20. The minimum atomic E-state index is 0.551. The van der Waals surface area contributed by atoms with Gasteiger partial charge in [0.1, 0.15) is 5.75 Å². The summed E-state index contributed by atoms with van der Waals surface area (Å²) in [6, 6.07) is 4.72. The Balaban J connectivity index is 2.22. The van der Waals surface area contributed by atoms with Crippen molar-refractivity contribution < 1.29 is 4.74 Å². The second-order valence-corrected chi connectivity index (χ2v) is 7.04. The monoisotopic (exact) mass is 404 g/mol. The number of anilines is 1. The van der Waals surface area contributed by atoms with Gasteiger partial charge in [-0.2, -0.15) is 0 Å². The lowest BCUT2D eigenvalue weighted by molar-refractivity contribution is 0.341. The number of halogens is 2. The minimum Gasteiger partial charge on any atom is -0.495 e. The van der Waals surface area contributed by atoms with Crippen molar-refractivity contribution in [1.82, 2.24) is 5.32 Å². The van der Waals surface area contributed by atoms with Crippen molar-refractivity contribution in [3.63, 3.8) is 0 Å². The third-order valence-electron chi connectivity index (χ3n) is 4.10. The molecule has 1 aliphatic heterocycles. The maximum Gasteiger partial charge on any atom is 0.135 e. The van der Waals surface area contributed by atoms with Gasteiger partial charge >= 0.3 is 0 Å². The number of benzene rings is 1. The Morgan fingerprint density at radius 2 is 2.15 bits per heavy atom. The molecular weight excluding hydrogens is 384 g/mol. The summed E-state index contributed by atoms with van der Waals surface area (Å²) in [7, 11) is 1.71. The predicted octanol–water partition coefficient (Wildman–Crippen LogP) is 4.04. The van der Waals surface area contributed by atoms with Crippen molar-refractivity contribution in [1.29, 1.82) is 0 Å². The molecule has 1 aromatic rings. The third kappa shape index (κ3) is 3.49. The Hall–Kier alpha value is -0.260. The first-order valence-electron chi connectivity index (χ1n) is 7.08. The van der Waals surface area contributed by atoms with E-state index in [0.29, 0.717) is 12.0 Å². The van der Waals surface area contributed by atoms with Crippen molar-refractivity contribution in [3.05, 3.63) is 21.1 Å². The molecule has 1 fully saturated rings. The highest BCUT2D eigenvalue weighted by atomic mass is 79.9. The zero-order chi connectivity index (χ0) is 14.7. The quantitative estimate of drug-likeness (QED) is 0.817. The molecule has 0 amide bonds. The molecule has 1 aliphatic rings. The van der Waals surface area contributed by atoms with Crippen LogP contribution in [0.2, 0.25) is 0 Å². The van der Waals surface area contributed by atoms with Gasteiger partial charge in [0.25, 0.3) is 0 Å². The van der Waals surface area contributed by atoms with E-state index in [9.17, 15) is 0 Å². The van der Waals surface area contributed by atoms with Crippen LogP contribution in [0.3, 0.4) is 0 Å². The Bertz CT molecular complexity index is 467. The first-order valence-corrected chi connectivity index (χ1v) is 8.66. The summed E-state index contributed by atoms with van der Waals surface area (Å²) in [5.74, 6) is 1.57. The number of methoxy groups -OCH3 is 1. The molecule has 1 saturated heterocycles. The molecule has 0 aliphatic carbocycles. The summed E-state index contributed by atoms with van der Waals surface area (Å²) in [5, 5.41) is 3.63. The van der Waals surface area contributed by atoms with Gasteiger partial charge in [-0.1, -0.05) is 20.3 Å². The van der Waals surface area contributed by atoms with Gasteiger partial charge in [0.2, 0.25) is 0 Å². The topological polar surface area (TPSA) is 24.5 Å². The van der Waals surface area contributed by atoms with Gasteiger partial charge in [-0.15, -0.1) is 0 Å². The second kappa shape index (κ2) is 7.14. The number of nitrogens with zero attached hydrogens (tertiary/aromatic N) is 1. The molecule has 1 heterocycles. The van der Waals surface area contributed by atoms with Crippen LogP contribution in [-0.2, 0) is 0 Å². The van der Waals surface area contributed by atoms with Gasteiger partial charge in [0.05, 0.1) is 17.3 Å². The Labute approximate surface area is 138 Å². The van der Waals surface area contributed by atoms with Gasteiger partial charge in [-0.25, -0.2) is 0 Å². The average molecular weight is 406 g/mol. The Kier molecular flexibility index (Phi) is 5.75. The molecule has 1 N–H and O–H groups in total. The Morgan fingerprint density at radius 1 is 1.40 bits per heavy atom. The molecule has 2 atom stereocenters. The van der Waals surface area contributed by atoms with Gasteiger partial charge in [-0.05, 0) is 43.8 Å². The summed E-state index contributed by atoms with van der Waals surface area (Å²) in [4.78, 5) is 2.44. The maximum absolute atomic E-state index is 5.42. The number of hydrogen-bond donors (Lipinski definition) is 1. The van der Waals surface area contributed by atoms with Gasteiger partial charge < -0.3 is 15.0 Å². The molecule has 0 saturated carbocycles. The van der Waals surface area contributed by atoms with Crippen LogP contribution in [0.5, 0.6) is 5.75 Å². The number of rotatable bonds is 4. The van der Waals surface area contributed by atoms with Crippen LogP contribution in [0, 0.1) is 5.92 Å². The third-order valence-corrected chi connectivity index (χ3v) is 5.35. The Morgan fingerprint density at radius 3 is 2.80 bits per heavy atom. The van der Waals surface area contributed by atoms with E-state index < -0.39 is 0 Å². The van der Waals surface area contributed by atoms with Gasteiger partial charge in [-0.3, -0.25) is 0 Å². The van der Waals surface area contributed by atoms with Crippen molar-refractivity contribution in [3.8, 4) is 5.75 Å². The molecule has 0 aromatic heterocycles. The van der Waals surface area contributed by atoms with Crippen molar-refractivity contribution >= 4 is 37.5 Å². The minimum absolute atomic E-state index is 0.551. The molecule has 112 valence electrons. The van der Waals surface area contributed by atoms with E-state index in [0.717, 1.165) is 34.3 Å². The molecule has 0 bridgehead atoms. The normalized spacial score (nSPS) is 20.9. The summed E-state index contributed by atoms with van der Waals surface area (Å²) >= 11 is 7.20. The predicted molar refractivity (Wildman–Crippen MR) is 91.9 cm³/mol. The molecule has 1 aromatic carbocycles. The zero-order valence-corrected chi connectivity index (χ0v) is 15.4. The van der Waals surface area contributed by atoms with E-state index in [4.69, 9.17) is 4.74 Å². The lowest BCUT2D eigenvalue weighted by Crippen LogP contribution is -2.53. The SMILES string of the molecule is CCC(C)C1CN(c2cc(OC)c(Br)cc2Br)CCN1. The smallest absolute Gasteiger partial charge is 0.135 e.